The highest BCUT2D eigenvalue weighted by molar-refractivity contribution is 6.31. The van der Waals surface area contributed by atoms with Gasteiger partial charge in [0.1, 0.15) is 0 Å². The predicted octanol–water partition coefficient (Wildman–Crippen LogP) is 4.18. The SMILES string of the molecule is CC1CCCC(N)(Cc2ccccc2Cl)CC1. The highest BCUT2D eigenvalue weighted by Gasteiger charge is 2.28. The summed E-state index contributed by atoms with van der Waals surface area (Å²) in [6.07, 6.45) is 6.99. The van der Waals surface area contributed by atoms with Crippen molar-refractivity contribution in [1.82, 2.24) is 0 Å². The Hall–Kier alpha value is -0.530. The molecular weight excluding hydrogens is 230 g/mol. The van der Waals surface area contributed by atoms with E-state index >= 15 is 0 Å². The predicted molar refractivity (Wildman–Crippen MR) is 74.3 cm³/mol. The molecule has 1 aromatic rings. The van der Waals surface area contributed by atoms with Crippen LogP contribution in [0.1, 0.15) is 44.6 Å². The zero-order valence-corrected chi connectivity index (χ0v) is 11.3. The average molecular weight is 252 g/mol. The molecule has 0 bridgehead atoms. The molecule has 2 heteroatoms. The van der Waals surface area contributed by atoms with Gasteiger partial charge in [-0.25, -0.2) is 0 Å². The van der Waals surface area contributed by atoms with E-state index in [0.29, 0.717) is 0 Å². The van der Waals surface area contributed by atoms with Gasteiger partial charge in [-0.1, -0.05) is 49.6 Å². The van der Waals surface area contributed by atoms with Crippen molar-refractivity contribution >= 4 is 11.6 Å². The van der Waals surface area contributed by atoms with Crippen LogP contribution in [-0.2, 0) is 6.42 Å². The maximum Gasteiger partial charge on any atom is 0.0438 e. The van der Waals surface area contributed by atoms with Crippen molar-refractivity contribution in [3.05, 3.63) is 34.9 Å². The number of rotatable bonds is 2. The summed E-state index contributed by atoms with van der Waals surface area (Å²) < 4.78 is 0. The van der Waals surface area contributed by atoms with Gasteiger partial charge in [0, 0.05) is 10.6 Å². The molecule has 94 valence electrons. The first-order valence-corrected chi connectivity index (χ1v) is 6.99. The molecule has 1 aliphatic carbocycles. The standard InChI is InChI=1S/C15H22ClN/c1-12-5-4-9-15(17,10-8-12)11-13-6-2-3-7-14(13)16/h2-3,6-7,12H,4-5,8-11,17H2,1H3. The van der Waals surface area contributed by atoms with Gasteiger partial charge in [0.2, 0.25) is 0 Å². The summed E-state index contributed by atoms with van der Waals surface area (Å²) in [5, 5.41) is 0.856. The lowest BCUT2D eigenvalue weighted by Gasteiger charge is -2.28. The van der Waals surface area contributed by atoms with Gasteiger partial charge in [-0.15, -0.1) is 0 Å². The second kappa shape index (κ2) is 5.41. The Labute approximate surface area is 109 Å². The van der Waals surface area contributed by atoms with E-state index in [1.54, 1.807) is 0 Å². The maximum atomic E-state index is 6.56. The fraction of sp³-hybridized carbons (Fsp3) is 0.600. The number of benzene rings is 1. The molecule has 0 aromatic heterocycles. The second-order valence-electron chi connectivity index (χ2n) is 5.67. The molecule has 2 atom stereocenters. The summed E-state index contributed by atoms with van der Waals surface area (Å²) in [7, 11) is 0. The first kappa shape index (κ1) is 12.9. The van der Waals surface area contributed by atoms with Crippen LogP contribution in [0.25, 0.3) is 0 Å². The van der Waals surface area contributed by atoms with Crippen LogP contribution in [0, 0.1) is 5.92 Å². The van der Waals surface area contributed by atoms with Crippen LogP contribution >= 0.6 is 11.6 Å². The van der Waals surface area contributed by atoms with Crippen molar-refractivity contribution in [2.75, 3.05) is 0 Å². The summed E-state index contributed by atoms with van der Waals surface area (Å²) in [6.45, 7) is 2.33. The zero-order chi connectivity index (χ0) is 12.3. The third-order valence-electron chi connectivity index (χ3n) is 4.01. The van der Waals surface area contributed by atoms with Crippen LogP contribution in [0.15, 0.2) is 24.3 Å². The Bertz CT molecular complexity index is 377. The minimum Gasteiger partial charge on any atom is -0.325 e. The molecule has 1 saturated carbocycles. The topological polar surface area (TPSA) is 26.0 Å². The molecule has 2 rings (SSSR count). The fourth-order valence-corrected chi connectivity index (χ4v) is 3.01. The monoisotopic (exact) mass is 251 g/mol. The van der Waals surface area contributed by atoms with Gasteiger partial charge in [-0.05, 0) is 43.2 Å². The van der Waals surface area contributed by atoms with Crippen molar-refractivity contribution in [2.45, 2.75) is 51.0 Å². The highest BCUT2D eigenvalue weighted by atomic mass is 35.5. The van der Waals surface area contributed by atoms with Gasteiger partial charge in [0.25, 0.3) is 0 Å². The van der Waals surface area contributed by atoms with Gasteiger partial charge in [0.05, 0.1) is 0 Å². The van der Waals surface area contributed by atoms with E-state index in [0.717, 1.165) is 30.2 Å². The molecule has 1 aromatic carbocycles. The average Bonchev–Trinajstić information content (AvgIpc) is 2.45. The van der Waals surface area contributed by atoms with Crippen LogP contribution in [0.4, 0.5) is 0 Å². The van der Waals surface area contributed by atoms with E-state index in [9.17, 15) is 0 Å². The van der Waals surface area contributed by atoms with Gasteiger partial charge in [0.15, 0.2) is 0 Å². The van der Waals surface area contributed by atoms with Crippen LogP contribution in [-0.4, -0.2) is 5.54 Å². The quantitative estimate of drug-likeness (QED) is 0.784. The molecular formula is C15H22ClN. The largest absolute Gasteiger partial charge is 0.325 e. The van der Waals surface area contributed by atoms with Crippen molar-refractivity contribution < 1.29 is 0 Å². The molecule has 0 aliphatic heterocycles. The van der Waals surface area contributed by atoms with E-state index in [2.05, 4.69) is 13.0 Å². The molecule has 0 saturated heterocycles. The molecule has 0 spiro atoms. The van der Waals surface area contributed by atoms with Crippen LogP contribution in [0.2, 0.25) is 5.02 Å². The van der Waals surface area contributed by atoms with E-state index in [-0.39, 0.29) is 5.54 Å². The van der Waals surface area contributed by atoms with Crippen LogP contribution < -0.4 is 5.73 Å². The Morgan fingerprint density at radius 3 is 2.82 bits per heavy atom. The zero-order valence-electron chi connectivity index (χ0n) is 10.6. The molecule has 1 aliphatic rings. The molecule has 1 fully saturated rings. The van der Waals surface area contributed by atoms with Gasteiger partial charge < -0.3 is 5.73 Å². The van der Waals surface area contributed by atoms with Gasteiger partial charge in [-0.3, -0.25) is 0 Å². The molecule has 2 N–H and O–H groups in total. The molecule has 2 unspecified atom stereocenters. The van der Waals surface area contributed by atoms with E-state index in [1.807, 2.05) is 18.2 Å². The molecule has 0 radical (unpaired) electrons. The lowest BCUT2D eigenvalue weighted by atomic mass is 9.84. The van der Waals surface area contributed by atoms with Crippen molar-refractivity contribution in [2.24, 2.45) is 11.7 Å². The maximum absolute atomic E-state index is 6.56. The van der Waals surface area contributed by atoms with Gasteiger partial charge >= 0.3 is 0 Å². The first-order valence-electron chi connectivity index (χ1n) is 6.61. The lowest BCUT2D eigenvalue weighted by Crippen LogP contribution is -2.41. The van der Waals surface area contributed by atoms with E-state index in [1.165, 1.54) is 24.8 Å². The number of hydrogen-bond acceptors (Lipinski definition) is 1. The van der Waals surface area contributed by atoms with Crippen molar-refractivity contribution in [3.8, 4) is 0 Å². The van der Waals surface area contributed by atoms with Crippen LogP contribution in [0.3, 0.4) is 0 Å². The second-order valence-corrected chi connectivity index (χ2v) is 6.07. The summed E-state index contributed by atoms with van der Waals surface area (Å²) in [4.78, 5) is 0. The van der Waals surface area contributed by atoms with Gasteiger partial charge in [-0.2, -0.15) is 0 Å². The third-order valence-corrected chi connectivity index (χ3v) is 4.38. The normalized spacial score (nSPS) is 29.9. The Morgan fingerprint density at radius 2 is 2.06 bits per heavy atom. The summed E-state index contributed by atoms with van der Waals surface area (Å²) in [6, 6.07) is 8.08. The summed E-state index contributed by atoms with van der Waals surface area (Å²) in [5.41, 5.74) is 7.72. The Balaban J connectivity index is 2.09. The number of nitrogens with two attached hydrogens (primary N) is 1. The summed E-state index contributed by atoms with van der Waals surface area (Å²) in [5.74, 6) is 0.826. The number of halogens is 1. The van der Waals surface area contributed by atoms with Crippen molar-refractivity contribution in [3.63, 3.8) is 0 Å². The minimum atomic E-state index is -0.0459. The van der Waals surface area contributed by atoms with Crippen LogP contribution in [0.5, 0.6) is 0 Å². The smallest absolute Gasteiger partial charge is 0.0438 e. The lowest BCUT2D eigenvalue weighted by molar-refractivity contribution is 0.363. The minimum absolute atomic E-state index is 0.0459. The molecule has 0 amide bonds. The van der Waals surface area contributed by atoms with E-state index < -0.39 is 0 Å². The highest BCUT2D eigenvalue weighted by Crippen LogP contribution is 2.32. The molecule has 0 heterocycles. The Morgan fingerprint density at radius 1 is 1.29 bits per heavy atom. The Kier molecular flexibility index (Phi) is 4.11. The molecule has 17 heavy (non-hydrogen) atoms. The third kappa shape index (κ3) is 3.46. The van der Waals surface area contributed by atoms with E-state index in [4.69, 9.17) is 17.3 Å². The first-order chi connectivity index (χ1) is 8.09. The number of hydrogen-bond donors (Lipinski definition) is 1. The molecule has 1 nitrogen and oxygen atoms in total. The van der Waals surface area contributed by atoms with Crippen molar-refractivity contribution in [1.29, 1.82) is 0 Å². The fourth-order valence-electron chi connectivity index (χ4n) is 2.80. The summed E-state index contributed by atoms with van der Waals surface area (Å²) >= 11 is 6.22.